The minimum absolute atomic E-state index is 0.0455. The maximum Gasteiger partial charge on any atom is 0.394 e. The molecular weight excluding hydrogens is 488 g/mol. The van der Waals surface area contributed by atoms with Crippen LogP contribution in [0.3, 0.4) is 0 Å². The molecule has 0 saturated carbocycles. The lowest BCUT2D eigenvalue weighted by molar-refractivity contribution is -0.147. The van der Waals surface area contributed by atoms with E-state index in [4.69, 9.17) is 9.84 Å². The highest BCUT2D eigenvalue weighted by molar-refractivity contribution is 7.17. The quantitative estimate of drug-likeness (QED) is 0.264. The first-order valence-electron chi connectivity index (χ1n) is 10.9. The molecule has 12 heteroatoms. The summed E-state index contributed by atoms with van der Waals surface area (Å²) in [4.78, 5) is 47.4. The summed E-state index contributed by atoms with van der Waals surface area (Å²) in [7, 11) is 0. The number of hydrogen-bond donors (Lipinski definition) is 6. The first kappa shape index (κ1) is 24.7. The summed E-state index contributed by atoms with van der Waals surface area (Å²) < 4.78 is 5.73. The van der Waals surface area contributed by atoms with E-state index < -0.39 is 29.9 Å². The highest BCUT2D eigenvalue weighted by Gasteiger charge is 2.31. The highest BCUT2D eigenvalue weighted by atomic mass is 32.1. The SMILES string of the molecule is O=C(NCC1NCCc2c1sc(NC(=O)C(=O)O)c2C(=O)O)Nc1ccc(Oc2ccccc2)cc1. The number of nitrogens with one attached hydrogen (secondary N) is 4. The molecule has 6 N–H and O–H groups in total. The molecule has 1 aromatic heterocycles. The van der Waals surface area contributed by atoms with Gasteiger partial charge in [0.15, 0.2) is 0 Å². The number of para-hydroxylation sites is 1. The van der Waals surface area contributed by atoms with E-state index in [9.17, 15) is 24.3 Å². The zero-order valence-corrected chi connectivity index (χ0v) is 19.6. The van der Waals surface area contributed by atoms with Gasteiger partial charge in [0.05, 0.1) is 11.6 Å². The molecule has 2 heterocycles. The summed E-state index contributed by atoms with van der Waals surface area (Å²) in [5, 5.41) is 29.3. The van der Waals surface area contributed by atoms with Crippen molar-refractivity contribution in [1.82, 2.24) is 10.6 Å². The molecule has 0 fully saturated rings. The van der Waals surface area contributed by atoms with Crippen molar-refractivity contribution in [3.8, 4) is 11.5 Å². The third kappa shape index (κ3) is 5.79. The number of benzene rings is 2. The van der Waals surface area contributed by atoms with Gasteiger partial charge in [0, 0.05) is 17.1 Å². The Kier molecular flexibility index (Phi) is 7.47. The standard InChI is InChI=1S/C24H22N4O7S/c29-20(23(32)33)28-21-18(22(30)31)16-10-11-25-17(19(16)36-21)12-26-24(34)27-13-6-8-15(9-7-13)35-14-4-2-1-3-5-14/h1-9,17,25H,10-12H2,(H,28,29)(H,30,31)(H,32,33)(H2,26,27,34). The monoisotopic (exact) mass is 510 g/mol. The predicted octanol–water partition coefficient (Wildman–Crippen LogP) is 3.27. The fourth-order valence-electron chi connectivity index (χ4n) is 3.71. The van der Waals surface area contributed by atoms with Gasteiger partial charge < -0.3 is 36.2 Å². The lowest BCUT2D eigenvalue weighted by Gasteiger charge is -2.24. The van der Waals surface area contributed by atoms with Crippen LogP contribution >= 0.6 is 11.3 Å². The number of carboxylic acids is 2. The van der Waals surface area contributed by atoms with Gasteiger partial charge >= 0.3 is 23.9 Å². The smallest absolute Gasteiger partial charge is 0.394 e. The Morgan fingerprint density at radius 3 is 2.33 bits per heavy atom. The molecule has 11 nitrogen and oxygen atoms in total. The molecule has 0 saturated heterocycles. The molecule has 1 atom stereocenters. The molecule has 0 bridgehead atoms. The van der Waals surface area contributed by atoms with Gasteiger partial charge in [-0.3, -0.25) is 4.79 Å². The van der Waals surface area contributed by atoms with Gasteiger partial charge in [-0.15, -0.1) is 11.3 Å². The van der Waals surface area contributed by atoms with Crippen molar-refractivity contribution in [3.05, 3.63) is 70.6 Å². The van der Waals surface area contributed by atoms with Crippen LogP contribution in [0.2, 0.25) is 0 Å². The average molecular weight is 511 g/mol. The number of urea groups is 1. The number of carboxylic acid groups (broad SMARTS) is 2. The van der Waals surface area contributed by atoms with Crippen LogP contribution in [0.4, 0.5) is 15.5 Å². The Bertz CT molecular complexity index is 1290. The van der Waals surface area contributed by atoms with E-state index in [2.05, 4.69) is 21.3 Å². The lowest BCUT2D eigenvalue weighted by Crippen LogP contribution is -2.40. The summed E-state index contributed by atoms with van der Waals surface area (Å²) in [6.07, 6.45) is 0.385. The molecule has 1 aliphatic heterocycles. The zero-order valence-electron chi connectivity index (χ0n) is 18.7. The van der Waals surface area contributed by atoms with Gasteiger partial charge in [-0.2, -0.15) is 0 Å². The maximum atomic E-state index is 12.4. The van der Waals surface area contributed by atoms with Gasteiger partial charge in [0.25, 0.3) is 0 Å². The topological polar surface area (TPSA) is 166 Å². The van der Waals surface area contributed by atoms with Crippen LogP contribution in [0.25, 0.3) is 0 Å². The van der Waals surface area contributed by atoms with Crippen LogP contribution in [0.1, 0.15) is 26.8 Å². The molecular formula is C24H22N4O7S. The fraction of sp³-hybridized carbons (Fsp3) is 0.167. The molecule has 1 unspecified atom stereocenters. The van der Waals surface area contributed by atoms with Crippen LogP contribution in [-0.4, -0.2) is 47.2 Å². The molecule has 0 radical (unpaired) electrons. The number of fused-ring (bicyclic) bond motifs is 1. The second kappa shape index (κ2) is 10.9. The Morgan fingerprint density at radius 1 is 0.972 bits per heavy atom. The van der Waals surface area contributed by atoms with Gasteiger partial charge in [0.1, 0.15) is 16.5 Å². The molecule has 0 spiro atoms. The summed E-state index contributed by atoms with van der Waals surface area (Å²) in [6.45, 7) is 0.590. The molecule has 36 heavy (non-hydrogen) atoms. The molecule has 3 amide bonds. The van der Waals surface area contributed by atoms with Crippen LogP contribution in [0.5, 0.6) is 11.5 Å². The third-order valence-corrected chi connectivity index (χ3v) is 6.57. The van der Waals surface area contributed by atoms with Crippen molar-refractivity contribution in [1.29, 1.82) is 0 Å². The molecule has 0 aliphatic carbocycles. The number of rotatable bonds is 7. The van der Waals surface area contributed by atoms with E-state index in [1.807, 2.05) is 30.3 Å². The van der Waals surface area contributed by atoms with E-state index in [-0.39, 0.29) is 17.1 Å². The first-order chi connectivity index (χ1) is 17.3. The van der Waals surface area contributed by atoms with E-state index in [1.165, 1.54) is 0 Å². The van der Waals surface area contributed by atoms with Crippen molar-refractivity contribution in [2.45, 2.75) is 12.5 Å². The summed E-state index contributed by atoms with van der Waals surface area (Å²) in [6, 6.07) is 15.3. The molecule has 2 aromatic carbocycles. The molecule has 3 aromatic rings. The van der Waals surface area contributed by atoms with E-state index in [0.29, 0.717) is 40.6 Å². The number of amides is 3. The molecule has 4 rings (SSSR count). The van der Waals surface area contributed by atoms with Crippen LogP contribution in [0.15, 0.2) is 54.6 Å². The summed E-state index contributed by atoms with van der Waals surface area (Å²) >= 11 is 0.978. The highest BCUT2D eigenvalue weighted by Crippen LogP contribution is 2.39. The van der Waals surface area contributed by atoms with Crippen molar-refractivity contribution in [2.75, 3.05) is 23.7 Å². The Morgan fingerprint density at radius 2 is 1.67 bits per heavy atom. The first-order valence-corrected chi connectivity index (χ1v) is 11.7. The number of carbonyl (C=O) groups excluding carboxylic acids is 2. The van der Waals surface area contributed by atoms with Gasteiger partial charge in [-0.25, -0.2) is 14.4 Å². The Hall–Kier alpha value is -4.42. The second-order valence-corrected chi connectivity index (χ2v) is 8.80. The molecule has 186 valence electrons. The van der Waals surface area contributed by atoms with Gasteiger partial charge in [0.2, 0.25) is 0 Å². The largest absolute Gasteiger partial charge is 0.478 e. The average Bonchev–Trinajstić information content (AvgIpc) is 3.23. The number of carbonyl (C=O) groups is 4. The van der Waals surface area contributed by atoms with Crippen molar-refractivity contribution in [2.24, 2.45) is 0 Å². The van der Waals surface area contributed by atoms with Crippen LogP contribution < -0.4 is 26.0 Å². The zero-order chi connectivity index (χ0) is 25.7. The lowest BCUT2D eigenvalue weighted by atomic mass is 9.99. The van der Waals surface area contributed by atoms with E-state index >= 15 is 0 Å². The number of aromatic carboxylic acids is 1. The van der Waals surface area contributed by atoms with Crippen LogP contribution in [0, 0.1) is 0 Å². The number of anilines is 2. The second-order valence-electron chi connectivity index (χ2n) is 7.74. The van der Waals surface area contributed by atoms with E-state index in [0.717, 1.165) is 11.3 Å². The third-order valence-electron chi connectivity index (χ3n) is 5.31. The predicted molar refractivity (Wildman–Crippen MR) is 132 cm³/mol. The number of thiophene rings is 1. The Labute approximate surface area is 209 Å². The minimum atomic E-state index is -1.72. The minimum Gasteiger partial charge on any atom is -0.478 e. The molecule has 1 aliphatic rings. The van der Waals surface area contributed by atoms with E-state index in [1.54, 1.807) is 24.3 Å². The van der Waals surface area contributed by atoms with Crippen molar-refractivity contribution < 1.29 is 34.1 Å². The van der Waals surface area contributed by atoms with Gasteiger partial charge in [-0.1, -0.05) is 18.2 Å². The van der Waals surface area contributed by atoms with Crippen LogP contribution in [-0.2, 0) is 16.0 Å². The number of aliphatic carboxylic acids is 1. The summed E-state index contributed by atoms with van der Waals surface area (Å²) in [5.41, 5.74) is 0.930. The van der Waals surface area contributed by atoms with Crippen molar-refractivity contribution >= 4 is 45.9 Å². The maximum absolute atomic E-state index is 12.4. The Balaban J connectivity index is 1.38. The van der Waals surface area contributed by atoms with Gasteiger partial charge in [-0.05, 0) is 54.9 Å². The number of hydrogen-bond acceptors (Lipinski definition) is 7. The normalized spacial score (nSPS) is 14.3. The summed E-state index contributed by atoms with van der Waals surface area (Å²) in [5.74, 6) is -2.99. The fourth-order valence-corrected chi connectivity index (χ4v) is 5.03. The van der Waals surface area contributed by atoms with Crippen molar-refractivity contribution in [3.63, 3.8) is 0 Å². The number of ether oxygens (including phenoxy) is 1.